The van der Waals surface area contributed by atoms with Gasteiger partial charge in [0.2, 0.25) is 0 Å². The zero-order valence-electron chi connectivity index (χ0n) is 17.0. The first-order valence-electron chi connectivity index (χ1n) is 9.47. The van der Waals surface area contributed by atoms with Crippen molar-refractivity contribution in [3.8, 4) is 23.0 Å². The molecular formula is C25H24O5. The van der Waals surface area contributed by atoms with E-state index in [-0.39, 0.29) is 51.9 Å². The number of Topliss-reactive ketones (excluding diaryl/α,β-unsaturated/α-hetero) is 1. The average Bonchev–Trinajstić information content (AvgIpc) is 2.67. The van der Waals surface area contributed by atoms with Gasteiger partial charge in [-0.05, 0) is 43.7 Å². The second kappa shape index (κ2) is 8.33. The van der Waals surface area contributed by atoms with E-state index in [0.717, 1.165) is 11.1 Å². The maximum atomic E-state index is 13.0. The van der Waals surface area contributed by atoms with Crippen LogP contribution in [0.25, 0.3) is 12.2 Å². The number of ether oxygens (including phenoxy) is 1. The summed E-state index contributed by atoms with van der Waals surface area (Å²) in [6, 6.07) is 6.37. The molecule has 2 aromatic carbocycles. The first kappa shape index (κ1) is 21.0. The molecule has 3 rings (SSSR count). The fraction of sp³-hybridized carbons (Fsp3) is 0.160. The van der Waals surface area contributed by atoms with Gasteiger partial charge in [0.15, 0.2) is 5.78 Å². The predicted molar refractivity (Wildman–Crippen MR) is 118 cm³/mol. The quantitative estimate of drug-likeness (QED) is 0.558. The van der Waals surface area contributed by atoms with Crippen molar-refractivity contribution >= 4 is 17.9 Å². The highest BCUT2D eigenvalue weighted by atomic mass is 16.5. The van der Waals surface area contributed by atoms with Gasteiger partial charge in [-0.3, -0.25) is 4.79 Å². The maximum absolute atomic E-state index is 13.0. The van der Waals surface area contributed by atoms with Gasteiger partial charge in [0, 0.05) is 0 Å². The number of rotatable bonds is 5. The van der Waals surface area contributed by atoms with Gasteiger partial charge >= 0.3 is 0 Å². The number of ketones is 1. The molecule has 1 aliphatic rings. The largest absolute Gasteiger partial charge is 0.508 e. The van der Waals surface area contributed by atoms with Crippen molar-refractivity contribution in [3.63, 3.8) is 0 Å². The van der Waals surface area contributed by atoms with Gasteiger partial charge in [-0.1, -0.05) is 48.6 Å². The summed E-state index contributed by atoms with van der Waals surface area (Å²) in [4.78, 5) is 13.0. The van der Waals surface area contributed by atoms with Crippen molar-refractivity contribution in [1.29, 1.82) is 0 Å². The molecule has 0 saturated carbocycles. The van der Waals surface area contributed by atoms with Crippen molar-refractivity contribution in [2.75, 3.05) is 0 Å². The third-order valence-electron chi connectivity index (χ3n) is 4.72. The van der Waals surface area contributed by atoms with Gasteiger partial charge in [0.05, 0.1) is 17.5 Å². The lowest BCUT2D eigenvalue weighted by Crippen LogP contribution is -2.21. The van der Waals surface area contributed by atoms with Crippen molar-refractivity contribution in [2.45, 2.75) is 26.4 Å². The molecule has 0 aliphatic carbocycles. The fourth-order valence-corrected chi connectivity index (χ4v) is 3.22. The number of phenols is 3. The number of allylic oxidation sites excluding steroid dienone is 4. The van der Waals surface area contributed by atoms with Crippen LogP contribution in [0, 0.1) is 0 Å². The van der Waals surface area contributed by atoms with Crippen LogP contribution in [0.3, 0.4) is 0 Å². The standard InChI is InChI=1S/C25H24O5/c1-14(2)5-11-18-23(28)19(12-6-15(3)4)25-22(24(18)29)20(27)13-21(30-25)16-7-9-17(26)10-8-16/h5-12,21,26,28-29H,1,3,13H2,2,4H3. The Morgan fingerprint density at radius 1 is 0.967 bits per heavy atom. The lowest BCUT2D eigenvalue weighted by atomic mass is 9.90. The minimum absolute atomic E-state index is 0.0173. The molecule has 0 bridgehead atoms. The molecule has 0 spiro atoms. The first-order chi connectivity index (χ1) is 14.2. The van der Waals surface area contributed by atoms with Crippen molar-refractivity contribution in [3.05, 3.63) is 83.0 Å². The third-order valence-corrected chi connectivity index (χ3v) is 4.72. The summed E-state index contributed by atoms with van der Waals surface area (Å²) in [6.45, 7) is 11.2. The summed E-state index contributed by atoms with van der Waals surface area (Å²) < 4.78 is 6.09. The molecular weight excluding hydrogens is 380 g/mol. The molecule has 30 heavy (non-hydrogen) atoms. The molecule has 1 unspecified atom stereocenters. The zero-order valence-corrected chi connectivity index (χ0v) is 17.0. The van der Waals surface area contributed by atoms with Crippen LogP contribution in [0.4, 0.5) is 0 Å². The second-order valence-electron chi connectivity index (χ2n) is 7.41. The number of hydrogen-bond acceptors (Lipinski definition) is 5. The van der Waals surface area contributed by atoms with Crippen LogP contribution in [-0.4, -0.2) is 21.1 Å². The van der Waals surface area contributed by atoms with Crippen LogP contribution in [-0.2, 0) is 0 Å². The molecule has 0 fully saturated rings. The number of fused-ring (bicyclic) bond motifs is 1. The molecule has 1 heterocycles. The van der Waals surface area contributed by atoms with Gasteiger partial charge in [-0.2, -0.15) is 0 Å². The number of carbonyl (C=O) groups excluding carboxylic acids is 1. The second-order valence-corrected chi connectivity index (χ2v) is 7.41. The van der Waals surface area contributed by atoms with Gasteiger partial charge in [0.25, 0.3) is 0 Å². The zero-order chi connectivity index (χ0) is 22.0. The van der Waals surface area contributed by atoms with Crippen LogP contribution in [0.15, 0.2) is 60.7 Å². The van der Waals surface area contributed by atoms with Crippen LogP contribution >= 0.6 is 0 Å². The highest BCUT2D eigenvalue weighted by Gasteiger charge is 2.34. The Hall–Kier alpha value is -3.73. The Kier molecular flexibility index (Phi) is 5.83. The SMILES string of the molecule is C=C(C)C=Cc1c(O)c(C=CC(=C)C)c2c(c1O)C(=O)CC(c1ccc(O)cc1)O2. The summed E-state index contributed by atoms with van der Waals surface area (Å²) in [7, 11) is 0. The number of carbonyl (C=O) groups is 1. The van der Waals surface area contributed by atoms with Gasteiger partial charge in [0.1, 0.15) is 34.7 Å². The summed E-state index contributed by atoms with van der Waals surface area (Å²) in [5, 5.41) is 31.2. The lowest BCUT2D eigenvalue weighted by Gasteiger charge is -2.28. The van der Waals surface area contributed by atoms with E-state index >= 15 is 0 Å². The van der Waals surface area contributed by atoms with Gasteiger partial charge < -0.3 is 20.1 Å². The summed E-state index contributed by atoms with van der Waals surface area (Å²) in [6.07, 6.45) is 5.87. The van der Waals surface area contributed by atoms with Crippen LogP contribution < -0.4 is 4.74 Å². The van der Waals surface area contributed by atoms with Crippen LogP contribution in [0.2, 0.25) is 0 Å². The summed E-state index contributed by atoms with van der Waals surface area (Å²) in [5.74, 6) is -0.622. The van der Waals surface area contributed by atoms with Crippen LogP contribution in [0.5, 0.6) is 23.0 Å². The monoisotopic (exact) mass is 404 g/mol. The predicted octanol–water partition coefficient (Wildman–Crippen LogP) is 5.69. The van der Waals surface area contributed by atoms with Gasteiger partial charge in [-0.15, -0.1) is 0 Å². The molecule has 0 amide bonds. The minimum Gasteiger partial charge on any atom is -0.508 e. The molecule has 5 heteroatoms. The third kappa shape index (κ3) is 4.15. The molecule has 5 nitrogen and oxygen atoms in total. The molecule has 2 aromatic rings. The van der Waals surface area contributed by atoms with Crippen molar-refractivity contribution in [2.24, 2.45) is 0 Å². The molecule has 154 valence electrons. The van der Waals surface area contributed by atoms with Crippen molar-refractivity contribution in [1.82, 2.24) is 0 Å². The Balaban J connectivity index is 2.21. The Labute approximate surface area is 175 Å². The van der Waals surface area contributed by atoms with E-state index in [1.54, 1.807) is 44.2 Å². The Bertz CT molecular complexity index is 1090. The van der Waals surface area contributed by atoms with E-state index in [9.17, 15) is 20.1 Å². The topological polar surface area (TPSA) is 87.0 Å². The molecule has 0 radical (unpaired) electrons. The van der Waals surface area contributed by atoms with E-state index in [4.69, 9.17) is 4.74 Å². The minimum atomic E-state index is -0.613. The first-order valence-corrected chi connectivity index (χ1v) is 9.47. The lowest BCUT2D eigenvalue weighted by molar-refractivity contribution is 0.0844. The summed E-state index contributed by atoms with van der Waals surface area (Å²) >= 11 is 0. The number of phenolic OH excluding ortho intramolecular Hbond substituents is 3. The molecule has 0 aromatic heterocycles. The maximum Gasteiger partial charge on any atom is 0.174 e. The van der Waals surface area contributed by atoms with E-state index in [1.165, 1.54) is 18.2 Å². The smallest absolute Gasteiger partial charge is 0.174 e. The number of hydrogen-bond donors (Lipinski definition) is 3. The molecule has 1 atom stereocenters. The van der Waals surface area contributed by atoms with E-state index in [2.05, 4.69) is 13.2 Å². The molecule has 1 aliphatic heterocycles. The number of aromatic hydroxyl groups is 3. The Morgan fingerprint density at radius 3 is 2.10 bits per heavy atom. The van der Waals surface area contributed by atoms with E-state index in [1.807, 2.05) is 0 Å². The Morgan fingerprint density at radius 2 is 1.53 bits per heavy atom. The highest BCUT2D eigenvalue weighted by molar-refractivity contribution is 6.05. The number of benzene rings is 2. The highest BCUT2D eigenvalue weighted by Crippen LogP contribution is 2.49. The normalized spacial score (nSPS) is 15.9. The molecule has 0 saturated heterocycles. The fourth-order valence-electron chi connectivity index (χ4n) is 3.22. The molecule has 3 N–H and O–H groups in total. The average molecular weight is 404 g/mol. The van der Waals surface area contributed by atoms with E-state index < -0.39 is 6.10 Å². The van der Waals surface area contributed by atoms with Gasteiger partial charge in [-0.25, -0.2) is 0 Å². The summed E-state index contributed by atoms with van der Waals surface area (Å²) in [5.41, 5.74) is 2.60. The van der Waals surface area contributed by atoms with E-state index in [0.29, 0.717) is 5.56 Å². The van der Waals surface area contributed by atoms with Crippen LogP contribution in [0.1, 0.15) is 53.4 Å². The van der Waals surface area contributed by atoms with Crippen molar-refractivity contribution < 1.29 is 24.9 Å².